The summed E-state index contributed by atoms with van der Waals surface area (Å²) in [4.78, 5) is 7.33. The van der Waals surface area contributed by atoms with E-state index < -0.39 is 10.2 Å². The molecule has 0 amide bonds. The van der Waals surface area contributed by atoms with Crippen LogP contribution in [-0.2, 0) is 14.9 Å². The van der Waals surface area contributed by atoms with E-state index in [2.05, 4.69) is 9.97 Å². The smallest absolute Gasteiger partial charge is 0.282 e. The second kappa shape index (κ2) is 6.21. The number of aromatic nitrogens is 2. The molecule has 0 aromatic carbocycles. The Balaban J connectivity index is 2.14. The first-order valence-corrected chi connectivity index (χ1v) is 8.27. The molecule has 0 bridgehead atoms. The minimum absolute atomic E-state index is 0.297. The fraction of sp³-hybridized carbons (Fsp3) is 0.750. The summed E-state index contributed by atoms with van der Waals surface area (Å²) in [5.74, 6) is 0.682. The van der Waals surface area contributed by atoms with E-state index in [4.69, 9.17) is 4.74 Å². The Morgan fingerprint density at radius 1 is 1.50 bits per heavy atom. The van der Waals surface area contributed by atoms with Gasteiger partial charge in [-0.2, -0.15) is 17.0 Å². The van der Waals surface area contributed by atoms with Crippen LogP contribution in [0.5, 0.6) is 0 Å². The van der Waals surface area contributed by atoms with Gasteiger partial charge in [0, 0.05) is 38.1 Å². The van der Waals surface area contributed by atoms with E-state index in [0.717, 1.165) is 5.69 Å². The van der Waals surface area contributed by atoms with E-state index in [0.29, 0.717) is 38.6 Å². The van der Waals surface area contributed by atoms with Crippen LogP contribution in [0.2, 0.25) is 0 Å². The molecule has 0 saturated carbocycles. The van der Waals surface area contributed by atoms with Gasteiger partial charge in [0.05, 0.1) is 6.61 Å². The Labute approximate surface area is 120 Å². The summed E-state index contributed by atoms with van der Waals surface area (Å²) in [6.45, 7) is 7.60. The summed E-state index contributed by atoms with van der Waals surface area (Å²) < 4.78 is 33.6. The molecular weight excluding hydrogens is 280 g/mol. The highest BCUT2D eigenvalue weighted by molar-refractivity contribution is 7.86. The maximum atomic E-state index is 12.5. The van der Waals surface area contributed by atoms with Crippen molar-refractivity contribution in [2.75, 3.05) is 32.8 Å². The minimum Gasteiger partial charge on any atom is -0.368 e. The molecule has 7 nitrogen and oxygen atoms in total. The van der Waals surface area contributed by atoms with Crippen LogP contribution in [0.1, 0.15) is 31.5 Å². The number of imidazole rings is 1. The zero-order valence-electron chi connectivity index (χ0n) is 12.2. The lowest BCUT2D eigenvalue weighted by molar-refractivity contribution is -0.00872. The van der Waals surface area contributed by atoms with Gasteiger partial charge >= 0.3 is 0 Å². The Hall–Kier alpha value is -0.960. The molecule has 1 fully saturated rings. The predicted molar refractivity (Wildman–Crippen MR) is 75.4 cm³/mol. The maximum Gasteiger partial charge on any atom is 0.282 e. The van der Waals surface area contributed by atoms with Crippen molar-refractivity contribution in [3.8, 4) is 0 Å². The van der Waals surface area contributed by atoms with Gasteiger partial charge in [0.1, 0.15) is 11.9 Å². The van der Waals surface area contributed by atoms with Crippen LogP contribution in [-0.4, -0.2) is 59.8 Å². The van der Waals surface area contributed by atoms with Gasteiger partial charge in [-0.25, -0.2) is 4.98 Å². The third-order valence-corrected chi connectivity index (χ3v) is 5.57. The van der Waals surface area contributed by atoms with Crippen molar-refractivity contribution in [2.45, 2.75) is 26.9 Å². The van der Waals surface area contributed by atoms with Gasteiger partial charge < -0.3 is 9.72 Å². The van der Waals surface area contributed by atoms with Gasteiger partial charge in [-0.1, -0.05) is 13.8 Å². The number of morpholine rings is 1. The van der Waals surface area contributed by atoms with Gasteiger partial charge in [0.2, 0.25) is 0 Å². The SMILES string of the molecule is CCN(CC)S(=O)(=O)N1CCO[C@H](c2ncc(C)[nH]2)C1. The van der Waals surface area contributed by atoms with E-state index in [1.807, 2.05) is 20.8 Å². The van der Waals surface area contributed by atoms with Crippen LogP contribution in [0.3, 0.4) is 0 Å². The fourth-order valence-electron chi connectivity index (χ4n) is 2.31. The zero-order valence-corrected chi connectivity index (χ0v) is 13.0. The molecule has 1 saturated heterocycles. The fourth-order valence-corrected chi connectivity index (χ4v) is 3.92. The summed E-state index contributed by atoms with van der Waals surface area (Å²) in [6.07, 6.45) is 1.39. The van der Waals surface area contributed by atoms with Gasteiger partial charge in [-0.3, -0.25) is 0 Å². The first-order chi connectivity index (χ1) is 9.48. The molecule has 0 radical (unpaired) electrons. The summed E-state index contributed by atoms with van der Waals surface area (Å²) in [5.41, 5.74) is 0.937. The first-order valence-electron chi connectivity index (χ1n) is 6.87. The molecule has 1 aromatic heterocycles. The summed E-state index contributed by atoms with van der Waals surface area (Å²) in [7, 11) is -3.41. The second-order valence-electron chi connectivity index (χ2n) is 4.76. The quantitative estimate of drug-likeness (QED) is 0.867. The van der Waals surface area contributed by atoms with Crippen LogP contribution in [0.4, 0.5) is 0 Å². The molecule has 0 spiro atoms. The normalized spacial score (nSPS) is 21.5. The number of aryl methyl sites for hydroxylation is 1. The average Bonchev–Trinajstić information content (AvgIpc) is 2.87. The Kier molecular flexibility index (Phi) is 4.79. The molecule has 8 heteroatoms. The largest absolute Gasteiger partial charge is 0.368 e. The van der Waals surface area contributed by atoms with E-state index >= 15 is 0 Å². The lowest BCUT2D eigenvalue weighted by atomic mass is 10.3. The molecule has 0 unspecified atom stereocenters. The van der Waals surface area contributed by atoms with Crippen molar-refractivity contribution in [2.24, 2.45) is 0 Å². The van der Waals surface area contributed by atoms with Crippen molar-refractivity contribution in [3.63, 3.8) is 0 Å². The number of ether oxygens (including phenoxy) is 1. The minimum atomic E-state index is -3.41. The highest BCUT2D eigenvalue weighted by Gasteiger charge is 2.34. The zero-order chi connectivity index (χ0) is 14.8. The third kappa shape index (κ3) is 3.03. The van der Waals surface area contributed by atoms with Crippen molar-refractivity contribution in [1.29, 1.82) is 0 Å². The van der Waals surface area contributed by atoms with E-state index in [-0.39, 0.29) is 6.10 Å². The number of hydrogen-bond donors (Lipinski definition) is 1. The van der Waals surface area contributed by atoms with Gasteiger partial charge in [0.25, 0.3) is 10.2 Å². The molecule has 1 atom stereocenters. The monoisotopic (exact) mass is 302 g/mol. The Morgan fingerprint density at radius 2 is 2.20 bits per heavy atom. The molecule has 1 aliphatic rings. The Morgan fingerprint density at radius 3 is 2.75 bits per heavy atom. The van der Waals surface area contributed by atoms with Crippen LogP contribution in [0.15, 0.2) is 6.20 Å². The summed E-state index contributed by atoms with van der Waals surface area (Å²) in [6, 6.07) is 0. The van der Waals surface area contributed by atoms with Crippen LogP contribution >= 0.6 is 0 Å². The molecule has 1 aliphatic heterocycles. The molecule has 1 aromatic rings. The van der Waals surface area contributed by atoms with Crippen LogP contribution in [0, 0.1) is 6.92 Å². The molecule has 2 rings (SSSR count). The maximum absolute atomic E-state index is 12.5. The highest BCUT2D eigenvalue weighted by Crippen LogP contribution is 2.22. The van der Waals surface area contributed by atoms with E-state index in [1.54, 1.807) is 6.20 Å². The topological polar surface area (TPSA) is 78.5 Å². The number of rotatable bonds is 5. The molecule has 2 heterocycles. The number of nitrogens with zero attached hydrogens (tertiary/aromatic N) is 3. The first kappa shape index (κ1) is 15.4. The molecule has 114 valence electrons. The average molecular weight is 302 g/mol. The lowest BCUT2D eigenvalue weighted by Crippen LogP contribution is -2.49. The van der Waals surface area contributed by atoms with Crippen molar-refractivity contribution >= 4 is 10.2 Å². The standard InChI is InChI=1S/C12H22N4O3S/c1-4-15(5-2)20(17,18)16-6-7-19-11(9-16)12-13-8-10(3)14-12/h8,11H,4-7,9H2,1-3H3,(H,13,14)/t11-/m0/s1. The number of nitrogens with one attached hydrogen (secondary N) is 1. The van der Waals surface area contributed by atoms with E-state index in [1.165, 1.54) is 8.61 Å². The molecule has 0 aliphatic carbocycles. The van der Waals surface area contributed by atoms with Crippen molar-refractivity contribution in [1.82, 2.24) is 18.6 Å². The van der Waals surface area contributed by atoms with Gasteiger partial charge in [0.15, 0.2) is 0 Å². The third-order valence-electron chi connectivity index (χ3n) is 3.41. The van der Waals surface area contributed by atoms with Crippen LogP contribution in [0.25, 0.3) is 0 Å². The predicted octanol–water partition coefficient (Wildman–Crippen LogP) is 0.678. The van der Waals surface area contributed by atoms with Gasteiger partial charge in [-0.05, 0) is 6.92 Å². The second-order valence-corrected chi connectivity index (χ2v) is 6.69. The van der Waals surface area contributed by atoms with Crippen molar-refractivity contribution in [3.05, 3.63) is 17.7 Å². The van der Waals surface area contributed by atoms with Crippen molar-refractivity contribution < 1.29 is 13.2 Å². The molecule has 20 heavy (non-hydrogen) atoms. The van der Waals surface area contributed by atoms with E-state index in [9.17, 15) is 8.42 Å². The number of H-pyrrole nitrogens is 1. The summed E-state index contributed by atoms with van der Waals surface area (Å²) >= 11 is 0. The lowest BCUT2D eigenvalue weighted by Gasteiger charge is -2.34. The summed E-state index contributed by atoms with van der Waals surface area (Å²) in [5, 5.41) is 0. The number of aromatic amines is 1. The van der Waals surface area contributed by atoms with Crippen LogP contribution < -0.4 is 0 Å². The molecular formula is C12H22N4O3S. The molecule has 1 N–H and O–H groups in total. The number of hydrogen-bond acceptors (Lipinski definition) is 4. The highest BCUT2D eigenvalue weighted by atomic mass is 32.2. The Bertz CT molecular complexity index is 539. The van der Waals surface area contributed by atoms with Gasteiger partial charge in [-0.15, -0.1) is 0 Å².